The van der Waals surface area contributed by atoms with Crippen LogP contribution in [0.4, 0.5) is 0 Å². The highest BCUT2D eigenvalue weighted by Crippen LogP contribution is 2.22. The van der Waals surface area contributed by atoms with Crippen LogP contribution in [0.3, 0.4) is 0 Å². The normalized spacial score (nSPS) is 17.6. The van der Waals surface area contributed by atoms with E-state index in [1.54, 1.807) is 0 Å². The van der Waals surface area contributed by atoms with Crippen LogP contribution in [-0.4, -0.2) is 48.7 Å². The Morgan fingerprint density at radius 1 is 1.16 bits per heavy atom. The Labute approximate surface area is 145 Å². The van der Waals surface area contributed by atoms with Crippen LogP contribution in [0.2, 0.25) is 0 Å². The van der Waals surface area contributed by atoms with Crippen molar-refractivity contribution in [3.8, 4) is 5.69 Å². The molecule has 0 spiro atoms. The molecule has 1 fully saturated rings. The summed E-state index contributed by atoms with van der Waals surface area (Å²) in [6, 6.07) is 9.80. The van der Waals surface area contributed by atoms with Crippen molar-refractivity contribution in [1.82, 2.24) is 29.7 Å². The lowest BCUT2D eigenvalue weighted by Gasteiger charge is -2.32. The van der Waals surface area contributed by atoms with Crippen LogP contribution in [0.1, 0.15) is 34.9 Å². The molecule has 1 aliphatic heterocycles. The fraction of sp³-hybridized carbons (Fsp3) is 0.333. The van der Waals surface area contributed by atoms with Crippen molar-refractivity contribution in [3.05, 3.63) is 60.2 Å². The van der Waals surface area contributed by atoms with Gasteiger partial charge in [0.2, 0.25) is 0 Å². The Morgan fingerprint density at radius 3 is 2.76 bits per heavy atom. The van der Waals surface area contributed by atoms with Crippen molar-refractivity contribution in [1.29, 1.82) is 0 Å². The predicted molar refractivity (Wildman–Crippen MR) is 92.5 cm³/mol. The number of hydrogen-bond acceptors (Lipinski definition) is 4. The first-order valence-corrected chi connectivity index (χ1v) is 8.48. The third-order valence-electron chi connectivity index (χ3n) is 4.49. The third kappa shape index (κ3) is 3.17. The van der Waals surface area contributed by atoms with Gasteiger partial charge in [-0.3, -0.25) is 9.48 Å². The number of aryl methyl sites for hydroxylation is 1. The molecule has 7 heteroatoms. The first-order chi connectivity index (χ1) is 12.2. The molecule has 0 bridgehead atoms. The number of carbonyl (C=O) groups excluding carboxylic acids is 1. The summed E-state index contributed by atoms with van der Waals surface area (Å²) in [5.41, 5.74) is 2.35. The zero-order valence-electron chi connectivity index (χ0n) is 14.1. The Kier molecular flexibility index (Phi) is 4.05. The van der Waals surface area contributed by atoms with Gasteiger partial charge in [0, 0.05) is 19.3 Å². The summed E-state index contributed by atoms with van der Waals surface area (Å²) >= 11 is 0. The van der Waals surface area contributed by atoms with E-state index in [0.29, 0.717) is 12.2 Å². The molecule has 25 heavy (non-hydrogen) atoms. The van der Waals surface area contributed by atoms with E-state index in [4.69, 9.17) is 0 Å². The maximum Gasteiger partial charge on any atom is 0.276 e. The van der Waals surface area contributed by atoms with E-state index >= 15 is 0 Å². The molecule has 0 radical (unpaired) electrons. The number of aromatic nitrogens is 5. The number of nitrogens with zero attached hydrogens (tertiary/aromatic N) is 6. The molecular formula is C18H20N6O. The topological polar surface area (TPSA) is 68.8 Å². The first kappa shape index (κ1) is 15.6. The highest BCUT2D eigenvalue weighted by molar-refractivity contribution is 5.92. The van der Waals surface area contributed by atoms with Crippen LogP contribution in [0.25, 0.3) is 5.69 Å². The van der Waals surface area contributed by atoms with Crippen LogP contribution >= 0.6 is 0 Å². The largest absolute Gasteiger partial charge is 0.335 e. The van der Waals surface area contributed by atoms with Crippen molar-refractivity contribution in [2.24, 2.45) is 0 Å². The summed E-state index contributed by atoms with van der Waals surface area (Å²) in [6.45, 7) is 3.42. The predicted octanol–water partition coefficient (Wildman–Crippen LogP) is 2.25. The molecular weight excluding hydrogens is 316 g/mol. The standard InChI is InChI=1S/C18H20N6O/c1-14-10-19-23(12-14)16-8-5-9-22(13-16)18(25)17-11-20-24(21-17)15-6-3-2-4-7-15/h2-4,6-7,10-12,16H,5,8-9,13H2,1H3/t16-/m0/s1. The molecule has 1 aliphatic rings. The second-order valence-electron chi connectivity index (χ2n) is 6.40. The van der Waals surface area contributed by atoms with E-state index in [0.717, 1.165) is 30.6 Å². The summed E-state index contributed by atoms with van der Waals surface area (Å²) in [5, 5.41) is 13.0. The number of piperidine rings is 1. The minimum atomic E-state index is -0.0734. The molecule has 4 rings (SSSR count). The Morgan fingerprint density at radius 2 is 2.00 bits per heavy atom. The average molecular weight is 336 g/mol. The van der Waals surface area contributed by atoms with Gasteiger partial charge >= 0.3 is 0 Å². The molecule has 0 aliphatic carbocycles. The summed E-state index contributed by atoms with van der Waals surface area (Å²) in [4.78, 5) is 16.2. The molecule has 3 heterocycles. The lowest BCUT2D eigenvalue weighted by Crippen LogP contribution is -2.41. The monoisotopic (exact) mass is 336 g/mol. The number of amides is 1. The van der Waals surface area contributed by atoms with Crippen LogP contribution in [0.15, 0.2) is 48.9 Å². The smallest absolute Gasteiger partial charge is 0.276 e. The van der Waals surface area contributed by atoms with Gasteiger partial charge in [-0.1, -0.05) is 18.2 Å². The number of benzene rings is 1. The second-order valence-corrected chi connectivity index (χ2v) is 6.40. The van der Waals surface area contributed by atoms with E-state index in [1.165, 1.54) is 11.0 Å². The molecule has 1 saturated heterocycles. The van der Waals surface area contributed by atoms with Crippen molar-refractivity contribution < 1.29 is 4.79 Å². The van der Waals surface area contributed by atoms with Gasteiger partial charge in [0.15, 0.2) is 5.69 Å². The van der Waals surface area contributed by atoms with Crippen molar-refractivity contribution >= 4 is 5.91 Å². The first-order valence-electron chi connectivity index (χ1n) is 8.48. The number of rotatable bonds is 3. The number of carbonyl (C=O) groups is 1. The highest BCUT2D eigenvalue weighted by atomic mass is 16.2. The van der Waals surface area contributed by atoms with Crippen LogP contribution in [-0.2, 0) is 0 Å². The zero-order chi connectivity index (χ0) is 17.2. The van der Waals surface area contributed by atoms with Crippen LogP contribution < -0.4 is 0 Å². The molecule has 0 saturated carbocycles. The number of para-hydroxylation sites is 1. The minimum Gasteiger partial charge on any atom is -0.335 e. The maximum atomic E-state index is 12.8. The van der Waals surface area contributed by atoms with Crippen molar-refractivity contribution in [2.75, 3.05) is 13.1 Å². The molecule has 2 aromatic heterocycles. The molecule has 3 aromatic rings. The van der Waals surface area contributed by atoms with E-state index in [-0.39, 0.29) is 11.9 Å². The van der Waals surface area contributed by atoms with Gasteiger partial charge in [-0.15, -0.1) is 5.10 Å². The lowest BCUT2D eigenvalue weighted by atomic mass is 10.1. The maximum absolute atomic E-state index is 12.8. The number of hydrogen-bond donors (Lipinski definition) is 0. The van der Waals surface area contributed by atoms with Gasteiger partial charge in [-0.05, 0) is 37.5 Å². The lowest BCUT2D eigenvalue weighted by molar-refractivity contribution is 0.0666. The molecule has 1 aromatic carbocycles. The zero-order valence-corrected chi connectivity index (χ0v) is 14.1. The fourth-order valence-electron chi connectivity index (χ4n) is 3.20. The second kappa shape index (κ2) is 6.51. The van der Waals surface area contributed by atoms with E-state index in [9.17, 15) is 4.79 Å². The number of likely N-dealkylation sites (tertiary alicyclic amines) is 1. The quantitative estimate of drug-likeness (QED) is 0.736. The van der Waals surface area contributed by atoms with Crippen LogP contribution in [0, 0.1) is 6.92 Å². The SMILES string of the molecule is Cc1cnn([C@H]2CCCN(C(=O)c3cnn(-c4ccccc4)n3)C2)c1. The Bertz CT molecular complexity index is 869. The summed E-state index contributed by atoms with van der Waals surface area (Å²) in [7, 11) is 0. The van der Waals surface area contributed by atoms with E-state index < -0.39 is 0 Å². The van der Waals surface area contributed by atoms with Gasteiger partial charge in [-0.2, -0.15) is 15.0 Å². The average Bonchev–Trinajstić information content (AvgIpc) is 3.31. The Hall–Kier alpha value is -2.96. The highest BCUT2D eigenvalue weighted by Gasteiger charge is 2.27. The Balaban J connectivity index is 1.50. The van der Waals surface area contributed by atoms with Crippen molar-refractivity contribution in [3.63, 3.8) is 0 Å². The van der Waals surface area contributed by atoms with E-state index in [1.807, 2.05) is 59.2 Å². The molecule has 1 amide bonds. The molecule has 1 atom stereocenters. The van der Waals surface area contributed by atoms with Gasteiger partial charge < -0.3 is 4.90 Å². The minimum absolute atomic E-state index is 0.0734. The summed E-state index contributed by atoms with van der Waals surface area (Å²) in [5.74, 6) is -0.0734. The van der Waals surface area contributed by atoms with Gasteiger partial charge in [0.25, 0.3) is 5.91 Å². The third-order valence-corrected chi connectivity index (χ3v) is 4.49. The summed E-state index contributed by atoms with van der Waals surface area (Å²) < 4.78 is 1.97. The molecule has 128 valence electrons. The molecule has 7 nitrogen and oxygen atoms in total. The van der Waals surface area contributed by atoms with Gasteiger partial charge in [0.1, 0.15) is 0 Å². The van der Waals surface area contributed by atoms with Crippen molar-refractivity contribution in [2.45, 2.75) is 25.8 Å². The van der Waals surface area contributed by atoms with Gasteiger partial charge in [0.05, 0.1) is 24.1 Å². The van der Waals surface area contributed by atoms with Gasteiger partial charge in [-0.25, -0.2) is 0 Å². The molecule has 0 unspecified atom stereocenters. The van der Waals surface area contributed by atoms with Crippen LogP contribution in [0.5, 0.6) is 0 Å². The van der Waals surface area contributed by atoms with E-state index in [2.05, 4.69) is 15.3 Å². The summed E-state index contributed by atoms with van der Waals surface area (Å²) in [6.07, 6.45) is 7.41. The fourth-order valence-corrected chi connectivity index (χ4v) is 3.20. The molecule has 0 N–H and O–H groups in total.